The second-order valence-electron chi connectivity index (χ2n) is 8.44. The van der Waals surface area contributed by atoms with Gasteiger partial charge in [0.25, 0.3) is 0 Å². The highest BCUT2D eigenvalue weighted by atomic mass is 16.3. The predicted molar refractivity (Wildman–Crippen MR) is 124 cm³/mol. The van der Waals surface area contributed by atoms with E-state index < -0.39 is 0 Å². The molecule has 0 aliphatic carbocycles. The molecule has 3 heterocycles. The first-order chi connectivity index (χ1) is 15.2. The number of rotatable bonds is 6. The third-order valence-corrected chi connectivity index (χ3v) is 6.17. The zero-order valence-electron chi connectivity index (χ0n) is 18.7. The number of nitrogens with one attached hydrogen (secondary N) is 1. The smallest absolute Gasteiger partial charge is 0.236 e. The van der Waals surface area contributed by atoms with E-state index in [0.29, 0.717) is 19.0 Å². The molecule has 2 aliphatic heterocycles. The van der Waals surface area contributed by atoms with Gasteiger partial charge in [0.05, 0.1) is 6.54 Å². The minimum atomic E-state index is 0.291. The zero-order chi connectivity index (χ0) is 21.5. The molecule has 4 rings (SSSR count). The summed E-state index contributed by atoms with van der Waals surface area (Å²) < 4.78 is 5.91. The summed E-state index contributed by atoms with van der Waals surface area (Å²) in [4.78, 5) is 24.0. The Kier molecular flexibility index (Phi) is 7.46. The van der Waals surface area contributed by atoms with E-state index in [9.17, 15) is 4.79 Å². The average Bonchev–Trinajstić information content (AvgIpc) is 3.22. The summed E-state index contributed by atoms with van der Waals surface area (Å²) in [5, 5.41) is 4.57. The maximum absolute atomic E-state index is 12.6. The second kappa shape index (κ2) is 10.7. The van der Waals surface area contributed by atoms with E-state index in [2.05, 4.69) is 34.2 Å². The van der Waals surface area contributed by atoms with Crippen LogP contribution in [0.1, 0.15) is 31.9 Å². The van der Waals surface area contributed by atoms with E-state index in [0.717, 1.165) is 87.8 Å². The lowest BCUT2D eigenvalue weighted by Gasteiger charge is -2.37. The van der Waals surface area contributed by atoms with Gasteiger partial charge in [-0.25, -0.2) is 0 Å². The van der Waals surface area contributed by atoms with Gasteiger partial charge in [0.1, 0.15) is 11.3 Å². The van der Waals surface area contributed by atoms with E-state index in [1.165, 1.54) is 6.42 Å². The van der Waals surface area contributed by atoms with Crippen LogP contribution in [0.4, 0.5) is 0 Å². The van der Waals surface area contributed by atoms with Crippen LogP contribution in [-0.2, 0) is 11.2 Å². The highest BCUT2D eigenvalue weighted by Gasteiger charge is 2.24. The lowest BCUT2D eigenvalue weighted by Crippen LogP contribution is -2.54. The van der Waals surface area contributed by atoms with Crippen molar-refractivity contribution in [3.05, 3.63) is 36.1 Å². The number of piperidine rings is 1. The van der Waals surface area contributed by atoms with Crippen molar-refractivity contribution in [2.24, 2.45) is 4.99 Å². The normalized spacial score (nSPS) is 18.5. The van der Waals surface area contributed by atoms with Crippen LogP contribution >= 0.6 is 0 Å². The molecule has 2 aromatic rings. The Bertz CT molecular complexity index is 846. The summed E-state index contributed by atoms with van der Waals surface area (Å²) in [6.07, 6.45) is 4.34. The molecule has 0 unspecified atom stereocenters. The molecule has 0 bridgehead atoms. The number of para-hydroxylation sites is 1. The van der Waals surface area contributed by atoms with Gasteiger partial charge in [-0.05, 0) is 38.3 Å². The molecule has 1 aromatic heterocycles. The number of amides is 1. The fourth-order valence-electron chi connectivity index (χ4n) is 4.41. The van der Waals surface area contributed by atoms with Crippen LogP contribution in [0.5, 0.6) is 0 Å². The highest BCUT2D eigenvalue weighted by Crippen LogP contribution is 2.19. The third kappa shape index (κ3) is 5.79. The SMILES string of the molecule is CCNC(=NCCc1cc2ccccc2o1)N1CCN(CC(=O)N2CCCCC2)CC1. The van der Waals surface area contributed by atoms with Gasteiger partial charge in [-0.2, -0.15) is 0 Å². The van der Waals surface area contributed by atoms with Crippen molar-refractivity contribution in [2.45, 2.75) is 32.6 Å². The Morgan fingerprint density at radius 2 is 1.81 bits per heavy atom. The van der Waals surface area contributed by atoms with Crippen LogP contribution in [0.15, 0.2) is 39.7 Å². The molecule has 2 saturated heterocycles. The summed E-state index contributed by atoms with van der Waals surface area (Å²) in [5.74, 6) is 2.22. The molecule has 0 radical (unpaired) electrons. The molecular formula is C24H35N5O2. The Hall–Kier alpha value is -2.54. The van der Waals surface area contributed by atoms with Gasteiger partial charge < -0.3 is 19.5 Å². The van der Waals surface area contributed by atoms with Crippen LogP contribution < -0.4 is 5.32 Å². The number of likely N-dealkylation sites (tertiary alicyclic amines) is 1. The number of guanidine groups is 1. The van der Waals surface area contributed by atoms with E-state index in [1.807, 2.05) is 23.1 Å². The maximum atomic E-state index is 12.6. The summed E-state index contributed by atoms with van der Waals surface area (Å²) in [6, 6.07) is 10.2. The number of aliphatic imine (C=N–C) groups is 1. The number of nitrogens with zero attached hydrogens (tertiary/aromatic N) is 4. The zero-order valence-corrected chi connectivity index (χ0v) is 18.7. The third-order valence-electron chi connectivity index (χ3n) is 6.17. The summed E-state index contributed by atoms with van der Waals surface area (Å²) >= 11 is 0. The van der Waals surface area contributed by atoms with Crippen molar-refractivity contribution < 1.29 is 9.21 Å². The molecule has 7 nitrogen and oxygen atoms in total. The first kappa shape index (κ1) is 21.7. The Labute approximate surface area is 185 Å². The molecule has 2 aliphatic rings. The number of fused-ring (bicyclic) bond motifs is 1. The number of piperazine rings is 1. The molecule has 0 atom stereocenters. The molecule has 1 N–H and O–H groups in total. The van der Waals surface area contributed by atoms with Gasteiger partial charge in [0.15, 0.2) is 5.96 Å². The minimum Gasteiger partial charge on any atom is -0.461 e. The molecule has 0 saturated carbocycles. The number of hydrogen-bond donors (Lipinski definition) is 1. The molecule has 1 aromatic carbocycles. The van der Waals surface area contributed by atoms with Crippen LogP contribution in [0.25, 0.3) is 11.0 Å². The van der Waals surface area contributed by atoms with Crippen LogP contribution in [-0.4, -0.2) is 85.5 Å². The molecule has 2 fully saturated rings. The molecular weight excluding hydrogens is 390 g/mol. The van der Waals surface area contributed by atoms with E-state index in [4.69, 9.17) is 9.41 Å². The van der Waals surface area contributed by atoms with Crippen LogP contribution in [0.2, 0.25) is 0 Å². The van der Waals surface area contributed by atoms with Crippen LogP contribution in [0, 0.1) is 0 Å². The van der Waals surface area contributed by atoms with Crippen molar-refractivity contribution in [3.63, 3.8) is 0 Å². The van der Waals surface area contributed by atoms with E-state index in [-0.39, 0.29) is 0 Å². The predicted octanol–water partition coefficient (Wildman–Crippen LogP) is 2.57. The summed E-state index contributed by atoms with van der Waals surface area (Å²) in [7, 11) is 0. The standard InChI is InChI=1S/C24H35N5O2/c1-2-25-24(26-11-10-21-18-20-8-4-5-9-22(20)31-21)29-16-14-27(15-17-29)19-23(30)28-12-6-3-7-13-28/h4-5,8-9,18H,2-3,6-7,10-17,19H2,1H3,(H,25,26). The number of carbonyl (C=O) groups excluding carboxylic acids is 1. The van der Waals surface area contributed by atoms with Crippen molar-refractivity contribution >= 4 is 22.8 Å². The Morgan fingerprint density at radius 3 is 2.55 bits per heavy atom. The lowest BCUT2D eigenvalue weighted by molar-refractivity contribution is -0.133. The fraction of sp³-hybridized carbons (Fsp3) is 0.583. The van der Waals surface area contributed by atoms with Gasteiger partial charge in [-0.15, -0.1) is 0 Å². The fourth-order valence-corrected chi connectivity index (χ4v) is 4.41. The first-order valence-electron chi connectivity index (χ1n) is 11.7. The van der Waals surface area contributed by atoms with Gasteiger partial charge in [-0.3, -0.25) is 14.7 Å². The van der Waals surface area contributed by atoms with Crippen molar-refractivity contribution in [1.29, 1.82) is 0 Å². The van der Waals surface area contributed by atoms with Crippen molar-refractivity contribution in [2.75, 3.05) is 58.9 Å². The van der Waals surface area contributed by atoms with Crippen LogP contribution in [0.3, 0.4) is 0 Å². The minimum absolute atomic E-state index is 0.291. The number of benzene rings is 1. The average molecular weight is 426 g/mol. The molecule has 7 heteroatoms. The Balaban J connectivity index is 1.26. The number of furan rings is 1. The molecule has 1 amide bonds. The number of hydrogen-bond acceptors (Lipinski definition) is 4. The molecule has 168 valence electrons. The topological polar surface area (TPSA) is 64.3 Å². The Morgan fingerprint density at radius 1 is 1.03 bits per heavy atom. The molecule has 0 spiro atoms. The summed E-state index contributed by atoms with van der Waals surface area (Å²) in [5.41, 5.74) is 0.934. The summed E-state index contributed by atoms with van der Waals surface area (Å²) in [6.45, 7) is 9.62. The molecule has 31 heavy (non-hydrogen) atoms. The second-order valence-corrected chi connectivity index (χ2v) is 8.44. The van der Waals surface area contributed by atoms with Gasteiger partial charge in [0, 0.05) is 64.2 Å². The van der Waals surface area contributed by atoms with Gasteiger partial charge in [0.2, 0.25) is 5.91 Å². The largest absolute Gasteiger partial charge is 0.461 e. The van der Waals surface area contributed by atoms with Crippen molar-refractivity contribution in [1.82, 2.24) is 20.0 Å². The highest BCUT2D eigenvalue weighted by molar-refractivity contribution is 5.81. The first-order valence-corrected chi connectivity index (χ1v) is 11.7. The maximum Gasteiger partial charge on any atom is 0.236 e. The van der Waals surface area contributed by atoms with E-state index >= 15 is 0 Å². The van der Waals surface area contributed by atoms with Gasteiger partial charge >= 0.3 is 0 Å². The van der Waals surface area contributed by atoms with Crippen molar-refractivity contribution in [3.8, 4) is 0 Å². The monoisotopic (exact) mass is 425 g/mol. The lowest BCUT2D eigenvalue weighted by atomic mass is 10.1. The van der Waals surface area contributed by atoms with Gasteiger partial charge in [-0.1, -0.05) is 18.2 Å². The van der Waals surface area contributed by atoms with E-state index in [1.54, 1.807) is 0 Å². The quantitative estimate of drug-likeness (QED) is 0.569. The number of carbonyl (C=O) groups is 1.